The summed E-state index contributed by atoms with van der Waals surface area (Å²) in [5.74, 6) is -0.720. The summed E-state index contributed by atoms with van der Waals surface area (Å²) in [4.78, 5) is 16.9. The molecule has 11 heteroatoms. The van der Waals surface area contributed by atoms with E-state index in [9.17, 15) is 26.4 Å². The van der Waals surface area contributed by atoms with Gasteiger partial charge in [-0.2, -0.15) is 0 Å². The van der Waals surface area contributed by atoms with E-state index in [2.05, 4.69) is 16.3 Å². The lowest BCUT2D eigenvalue weighted by Crippen LogP contribution is -2.32. The van der Waals surface area contributed by atoms with Gasteiger partial charge in [-0.1, -0.05) is 48.6 Å². The summed E-state index contributed by atoms with van der Waals surface area (Å²) in [7, 11) is -3.10. The zero-order valence-corrected chi connectivity index (χ0v) is 23.6. The SMILES string of the molecule is C=C(C)c1cc(S(=O)(=O)N(Cc2ccc(OC(F)(F)F)cc2)c2ncc3ccccc3c2C2CC2)ccc1C(=O)OC. The maximum atomic E-state index is 14.4. The fourth-order valence-electron chi connectivity index (χ4n) is 4.84. The average Bonchev–Trinajstić information content (AvgIpc) is 3.80. The van der Waals surface area contributed by atoms with Crippen molar-refractivity contribution < 1.29 is 35.9 Å². The number of carbonyl (C=O) groups excluding carboxylic acids is 1. The summed E-state index contributed by atoms with van der Waals surface area (Å²) in [5.41, 5.74) is 2.14. The van der Waals surface area contributed by atoms with Gasteiger partial charge >= 0.3 is 12.3 Å². The number of benzene rings is 3. The Morgan fingerprint density at radius 3 is 2.36 bits per heavy atom. The number of halogens is 3. The van der Waals surface area contributed by atoms with E-state index >= 15 is 0 Å². The van der Waals surface area contributed by atoms with Crippen molar-refractivity contribution in [1.29, 1.82) is 0 Å². The number of carbonyl (C=O) groups is 1. The minimum atomic E-state index is -4.86. The molecule has 7 nitrogen and oxygen atoms in total. The first-order chi connectivity index (χ1) is 19.9. The van der Waals surface area contributed by atoms with Crippen molar-refractivity contribution in [2.45, 2.75) is 43.5 Å². The van der Waals surface area contributed by atoms with E-state index in [4.69, 9.17) is 4.74 Å². The molecule has 0 saturated heterocycles. The number of alkyl halides is 3. The van der Waals surface area contributed by atoms with Gasteiger partial charge in [0.1, 0.15) is 11.6 Å². The van der Waals surface area contributed by atoms with Crippen LogP contribution in [-0.2, 0) is 21.3 Å². The Bertz CT molecular complexity index is 1780. The first-order valence-corrected chi connectivity index (χ1v) is 14.5. The van der Waals surface area contributed by atoms with Gasteiger partial charge in [-0.05, 0) is 72.5 Å². The van der Waals surface area contributed by atoms with Crippen molar-refractivity contribution in [3.05, 3.63) is 102 Å². The summed E-state index contributed by atoms with van der Waals surface area (Å²) in [6.45, 7) is 5.32. The number of nitrogens with zero attached hydrogens (tertiary/aromatic N) is 2. The Hall–Kier alpha value is -4.38. The Balaban J connectivity index is 1.66. The van der Waals surface area contributed by atoms with E-state index in [0.29, 0.717) is 16.7 Å². The summed E-state index contributed by atoms with van der Waals surface area (Å²) in [5, 5.41) is 1.74. The highest BCUT2D eigenvalue weighted by molar-refractivity contribution is 7.92. The smallest absolute Gasteiger partial charge is 0.465 e. The number of esters is 1. The van der Waals surface area contributed by atoms with E-state index in [1.54, 1.807) is 13.1 Å². The van der Waals surface area contributed by atoms with Crippen LogP contribution in [0, 0.1) is 0 Å². The second-order valence-electron chi connectivity index (χ2n) is 10.0. The fourth-order valence-corrected chi connectivity index (χ4v) is 6.29. The lowest BCUT2D eigenvalue weighted by atomic mass is 10.0. The topological polar surface area (TPSA) is 85.8 Å². The first kappa shape index (κ1) is 29.1. The molecule has 0 spiro atoms. The number of anilines is 1. The number of fused-ring (bicyclic) bond motifs is 1. The van der Waals surface area contributed by atoms with Crippen LogP contribution in [0.25, 0.3) is 16.3 Å². The fraction of sp³-hybridized carbons (Fsp3) is 0.226. The molecule has 0 N–H and O–H groups in total. The van der Waals surface area contributed by atoms with Gasteiger partial charge in [0.2, 0.25) is 0 Å². The zero-order chi connectivity index (χ0) is 30.2. The summed E-state index contributed by atoms with van der Waals surface area (Å²) >= 11 is 0. The third kappa shape index (κ3) is 5.96. The van der Waals surface area contributed by atoms with Crippen molar-refractivity contribution >= 4 is 38.2 Å². The summed E-state index contributed by atoms with van der Waals surface area (Å²) < 4.78 is 76.9. The van der Waals surface area contributed by atoms with Crippen LogP contribution >= 0.6 is 0 Å². The molecule has 1 aliphatic rings. The molecule has 1 fully saturated rings. The molecule has 0 bridgehead atoms. The Kier molecular flexibility index (Phi) is 7.72. The van der Waals surface area contributed by atoms with Crippen LogP contribution in [-0.4, -0.2) is 32.8 Å². The minimum Gasteiger partial charge on any atom is -0.465 e. The first-order valence-electron chi connectivity index (χ1n) is 13.0. The molecule has 0 aliphatic heterocycles. The number of hydrogen-bond donors (Lipinski definition) is 0. The molecule has 1 aliphatic carbocycles. The van der Waals surface area contributed by atoms with Gasteiger partial charge in [0.05, 0.1) is 24.1 Å². The van der Waals surface area contributed by atoms with Crippen molar-refractivity contribution in [2.75, 3.05) is 11.4 Å². The normalized spacial score (nSPS) is 13.5. The molecule has 1 heterocycles. The van der Waals surface area contributed by atoms with E-state index in [1.165, 1.54) is 41.7 Å². The van der Waals surface area contributed by atoms with Gasteiger partial charge < -0.3 is 9.47 Å². The Morgan fingerprint density at radius 1 is 1.05 bits per heavy atom. The van der Waals surface area contributed by atoms with E-state index in [0.717, 1.165) is 41.3 Å². The van der Waals surface area contributed by atoms with Crippen molar-refractivity contribution in [1.82, 2.24) is 4.98 Å². The van der Waals surface area contributed by atoms with Crippen molar-refractivity contribution in [3.8, 4) is 5.75 Å². The number of ether oxygens (including phenoxy) is 2. The number of hydrogen-bond acceptors (Lipinski definition) is 6. The molecule has 218 valence electrons. The van der Waals surface area contributed by atoms with E-state index in [-0.39, 0.29) is 28.7 Å². The maximum Gasteiger partial charge on any atom is 0.573 e. The molecule has 5 rings (SSSR count). The number of allylic oxidation sites excluding steroid dienone is 1. The second kappa shape index (κ2) is 11.1. The average molecular weight is 597 g/mol. The monoisotopic (exact) mass is 596 g/mol. The molecular weight excluding hydrogens is 569 g/mol. The highest BCUT2D eigenvalue weighted by atomic mass is 32.2. The zero-order valence-electron chi connectivity index (χ0n) is 22.8. The van der Waals surface area contributed by atoms with Crippen molar-refractivity contribution in [3.63, 3.8) is 0 Å². The predicted octanol–water partition coefficient (Wildman–Crippen LogP) is 7.23. The highest BCUT2D eigenvalue weighted by Gasteiger charge is 2.36. The van der Waals surface area contributed by atoms with Crippen molar-refractivity contribution in [2.24, 2.45) is 0 Å². The number of pyridine rings is 1. The van der Waals surface area contributed by atoms with Gasteiger partial charge in [-0.25, -0.2) is 22.5 Å². The van der Waals surface area contributed by atoms with Crippen LogP contribution in [0.3, 0.4) is 0 Å². The van der Waals surface area contributed by atoms with Crippen LogP contribution < -0.4 is 9.04 Å². The Labute approximate surface area is 241 Å². The third-order valence-electron chi connectivity index (χ3n) is 6.97. The molecule has 1 saturated carbocycles. The standard InChI is InChI=1S/C31H27F3N2O5S/c1-19(2)27-16-24(14-15-26(27)30(37)40-3)42(38,39)36(18-20-8-12-23(13-9-20)41-31(32,33)34)29-28(21-10-11-21)25-7-5-4-6-22(25)17-35-29/h4-9,12-17,21H,1,10-11,18H2,2-3H3. The Morgan fingerprint density at radius 2 is 1.74 bits per heavy atom. The maximum absolute atomic E-state index is 14.4. The predicted molar refractivity (Wildman–Crippen MR) is 153 cm³/mol. The molecular formula is C31H27F3N2O5S. The van der Waals surface area contributed by atoms with Crippen LogP contribution in [0.1, 0.15) is 52.7 Å². The van der Waals surface area contributed by atoms with Crippen LogP contribution in [0.5, 0.6) is 5.75 Å². The number of methoxy groups -OCH3 is 1. The van der Waals surface area contributed by atoms with Gasteiger partial charge in [-0.3, -0.25) is 0 Å². The minimum absolute atomic E-state index is 0.103. The third-order valence-corrected chi connectivity index (χ3v) is 8.70. The lowest BCUT2D eigenvalue weighted by molar-refractivity contribution is -0.274. The molecule has 0 amide bonds. The summed E-state index contributed by atoms with van der Waals surface area (Å²) in [6, 6.07) is 16.7. The molecule has 0 unspecified atom stereocenters. The lowest BCUT2D eigenvalue weighted by Gasteiger charge is -2.27. The molecule has 4 aromatic rings. The van der Waals surface area contributed by atoms with Gasteiger partial charge in [0.15, 0.2) is 0 Å². The second-order valence-corrected chi connectivity index (χ2v) is 11.9. The van der Waals surface area contributed by atoms with Crippen LogP contribution in [0.15, 0.2) is 84.4 Å². The summed E-state index contributed by atoms with van der Waals surface area (Å²) in [6.07, 6.45) is -1.51. The molecule has 1 aromatic heterocycles. The number of sulfonamides is 1. The number of rotatable bonds is 9. The highest BCUT2D eigenvalue weighted by Crippen LogP contribution is 2.48. The largest absolute Gasteiger partial charge is 0.573 e. The number of aromatic nitrogens is 1. The molecule has 0 atom stereocenters. The van der Waals surface area contributed by atoms with Gasteiger partial charge in [0, 0.05) is 17.1 Å². The van der Waals surface area contributed by atoms with Crippen LogP contribution in [0.4, 0.5) is 19.0 Å². The quantitative estimate of drug-likeness (QED) is 0.190. The van der Waals surface area contributed by atoms with E-state index in [1.807, 2.05) is 24.3 Å². The van der Waals surface area contributed by atoms with Gasteiger partial charge in [0.25, 0.3) is 10.0 Å². The van der Waals surface area contributed by atoms with Gasteiger partial charge in [-0.15, -0.1) is 13.2 Å². The molecule has 3 aromatic carbocycles. The van der Waals surface area contributed by atoms with Crippen LogP contribution in [0.2, 0.25) is 0 Å². The molecule has 0 radical (unpaired) electrons. The van der Waals surface area contributed by atoms with E-state index < -0.39 is 28.1 Å². The molecule has 42 heavy (non-hydrogen) atoms.